The van der Waals surface area contributed by atoms with Gasteiger partial charge >= 0.3 is 5.97 Å². The minimum absolute atomic E-state index is 0.242. The van der Waals surface area contributed by atoms with E-state index in [0.717, 1.165) is 5.82 Å². The number of aromatic carboxylic acids is 1. The Labute approximate surface area is 101 Å². The summed E-state index contributed by atoms with van der Waals surface area (Å²) in [5.41, 5.74) is 0.242. The second kappa shape index (κ2) is 4.73. The average Bonchev–Trinajstić information content (AvgIpc) is 2.29. The highest BCUT2D eigenvalue weighted by atomic mass is 16.4. The third-order valence-electron chi connectivity index (χ3n) is 3.45. The van der Waals surface area contributed by atoms with Crippen molar-refractivity contribution in [2.24, 2.45) is 0 Å². The Morgan fingerprint density at radius 2 is 2.00 bits per heavy atom. The average molecular weight is 234 g/mol. The van der Waals surface area contributed by atoms with Crippen LogP contribution in [0.2, 0.25) is 0 Å². The fraction of sp³-hybridized carbons (Fsp3) is 0.538. The number of carboxylic acids is 1. The van der Waals surface area contributed by atoms with E-state index in [4.69, 9.17) is 5.11 Å². The Balaban J connectivity index is 2.23. The van der Waals surface area contributed by atoms with Crippen molar-refractivity contribution < 1.29 is 9.90 Å². The summed E-state index contributed by atoms with van der Waals surface area (Å²) in [6.07, 6.45) is 5.04. The molecule has 0 spiro atoms. The monoisotopic (exact) mass is 234 g/mol. The van der Waals surface area contributed by atoms with Crippen LogP contribution < -0.4 is 4.90 Å². The van der Waals surface area contributed by atoms with Gasteiger partial charge in [-0.25, -0.2) is 9.78 Å². The largest absolute Gasteiger partial charge is 0.478 e. The minimum Gasteiger partial charge on any atom is -0.478 e. The van der Waals surface area contributed by atoms with Gasteiger partial charge in [-0.2, -0.15) is 0 Å². The van der Waals surface area contributed by atoms with Crippen LogP contribution in [0.4, 0.5) is 5.82 Å². The minimum atomic E-state index is -0.927. The van der Waals surface area contributed by atoms with Crippen molar-refractivity contribution in [3.05, 3.63) is 23.9 Å². The summed E-state index contributed by atoms with van der Waals surface area (Å²) < 4.78 is 0. The third-order valence-corrected chi connectivity index (χ3v) is 3.45. The zero-order chi connectivity index (χ0) is 12.4. The summed E-state index contributed by atoms with van der Waals surface area (Å²) in [6.45, 7) is 4.39. The predicted molar refractivity (Wildman–Crippen MR) is 66.5 cm³/mol. The van der Waals surface area contributed by atoms with Crippen LogP contribution in [0, 0.1) is 0 Å². The number of carbonyl (C=O) groups is 1. The molecule has 1 N–H and O–H groups in total. The van der Waals surface area contributed by atoms with E-state index in [2.05, 4.69) is 23.7 Å². The number of nitrogens with zero attached hydrogens (tertiary/aromatic N) is 2. The molecule has 2 heterocycles. The van der Waals surface area contributed by atoms with Gasteiger partial charge in [0, 0.05) is 18.3 Å². The lowest BCUT2D eigenvalue weighted by atomic mass is 9.97. The van der Waals surface area contributed by atoms with E-state index in [1.54, 1.807) is 6.07 Å². The number of aromatic nitrogens is 1. The van der Waals surface area contributed by atoms with Crippen molar-refractivity contribution >= 4 is 11.8 Å². The fourth-order valence-electron chi connectivity index (χ4n) is 2.54. The molecule has 1 fully saturated rings. The van der Waals surface area contributed by atoms with Crippen LogP contribution in [0.3, 0.4) is 0 Å². The van der Waals surface area contributed by atoms with Crippen LogP contribution in [-0.4, -0.2) is 28.1 Å². The molecular weight excluding hydrogens is 216 g/mol. The standard InChI is InChI=1S/C13H18N2O2/c1-9-4-3-5-10(2)15(9)12-7-6-11(8-14-12)13(16)17/h6-10H,3-5H2,1-2H3,(H,16,17). The maximum absolute atomic E-state index is 10.8. The summed E-state index contributed by atoms with van der Waals surface area (Å²) in [5.74, 6) is -0.0431. The molecule has 2 unspecified atom stereocenters. The number of carboxylic acid groups (broad SMARTS) is 1. The molecule has 0 amide bonds. The highest BCUT2D eigenvalue weighted by Crippen LogP contribution is 2.27. The summed E-state index contributed by atoms with van der Waals surface area (Å²) in [6, 6.07) is 4.38. The van der Waals surface area contributed by atoms with E-state index in [1.165, 1.54) is 25.5 Å². The number of piperidine rings is 1. The molecule has 2 atom stereocenters. The topological polar surface area (TPSA) is 53.4 Å². The molecule has 0 radical (unpaired) electrons. The lowest BCUT2D eigenvalue weighted by Gasteiger charge is -2.40. The number of hydrogen-bond donors (Lipinski definition) is 1. The van der Waals surface area contributed by atoms with Crippen molar-refractivity contribution in [3.8, 4) is 0 Å². The van der Waals surface area contributed by atoms with Crippen molar-refractivity contribution in [1.82, 2.24) is 4.98 Å². The van der Waals surface area contributed by atoms with Gasteiger partial charge in [0.2, 0.25) is 0 Å². The normalized spacial score (nSPS) is 24.7. The van der Waals surface area contributed by atoms with E-state index >= 15 is 0 Å². The van der Waals surface area contributed by atoms with Gasteiger partial charge in [-0.3, -0.25) is 0 Å². The molecule has 1 aromatic heterocycles. The first-order valence-electron chi connectivity index (χ1n) is 6.07. The lowest BCUT2D eigenvalue weighted by molar-refractivity contribution is 0.0696. The zero-order valence-electron chi connectivity index (χ0n) is 10.3. The van der Waals surface area contributed by atoms with Gasteiger partial charge in [0.25, 0.3) is 0 Å². The van der Waals surface area contributed by atoms with Gasteiger partial charge in [0.1, 0.15) is 5.82 Å². The molecule has 0 aromatic carbocycles. The molecule has 4 nitrogen and oxygen atoms in total. The van der Waals surface area contributed by atoms with Crippen molar-refractivity contribution in [2.45, 2.75) is 45.2 Å². The quantitative estimate of drug-likeness (QED) is 0.854. The molecule has 1 aliphatic rings. The van der Waals surface area contributed by atoms with Gasteiger partial charge in [0.15, 0.2) is 0 Å². The van der Waals surface area contributed by atoms with Crippen LogP contribution >= 0.6 is 0 Å². The van der Waals surface area contributed by atoms with Gasteiger partial charge < -0.3 is 10.0 Å². The van der Waals surface area contributed by atoms with Crippen LogP contribution in [0.5, 0.6) is 0 Å². The summed E-state index contributed by atoms with van der Waals surface area (Å²) >= 11 is 0. The van der Waals surface area contributed by atoms with E-state index in [1.807, 2.05) is 6.07 Å². The molecule has 1 aliphatic heterocycles. The molecule has 17 heavy (non-hydrogen) atoms. The first kappa shape index (κ1) is 11.9. The van der Waals surface area contributed by atoms with Crippen LogP contribution in [0.25, 0.3) is 0 Å². The smallest absolute Gasteiger partial charge is 0.337 e. The van der Waals surface area contributed by atoms with Crippen LogP contribution in [0.1, 0.15) is 43.5 Å². The van der Waals surface area contributed by atoms with Crippen LogP contribution in [0.15, 0.2) is 18.3 Å². The first-order chi connectivity index (χ1) is 8.09. The highest BCUT2D eigenvalue weighted by Gasteiger charge is 2.25. The SMILES string of the molecule is CC1CCCC(C)N1c1ccc(C(=O)O)cn1. The van der Waals surface area contributed by atoms with Gasteiger partial charge in [0.05, 0.1) is 5.56 Å². The molecule has 0 aliphatic carbocycles. The number of hydrogen-bond acceptors (Lipinski definition) is 3. The molecule has 92 valence electrons. The second-order valence-electron chi connectivity index (χ2n) is 4.75. The summed E-state index contributed by atoms with van der Waals surface area (Å²) in [4.78, 5) is 17.3. The summed E-state index contributed by atoms with van der Waals surface area (Å²) in [7, 11) is 0. The number of anilines is 1. The Kier molecular flexibility index (Phi) is 3.31. The van der Waals surface area contributed by atoms with E-state index < -0.39 is 5.97 Å². The van der Waals surface area contributed by atoms with Gasteiger partial charge in [-0.05, 0) is 45.2 Å². The Hall–Kier alpha value is -1.58. The van der Waals surface area contributed by atoms with E-state index in [9.17, 15) is 4.79 Å². The maximum Gasteiger partial charge on any atom is 0.337 e. The second-order valence-corrected chi connectivity index (χ2v) is 4.75. The Morgan fingerprint density at radius 3 is 2.47 bits per heavy atom. The molecule has 2 rings (SSSR count). The maximum atomic E-state index is 10.8. The third kappa shape index (κ3) is 2.40. The number of rotatable bonds is 2. The predicted octanol–water partition coefficient (Wildman–Crippen LogP) is 2.55. The molecular formula is C13H18N2O2. The molecule has 1 saturated heterocycles. The molecule has 0 bridgehead atoms. The fourth-order valence-corrected chi connectivity index (χ4v) is 2.54. The van der Waals surface area contributed by atoms with Crippen LogP contribution in [-0.2, 0) is 0 Å². The van der Waals surface area contributed by atoms with Crippen molar-refractivity contribution in [1.29, 1.82) is 0 Å². The molecule has 1 aromatic rings. The Morgan fingerprint density at radius 1 is 1.35 bits per heavy atom. The molecule has 4 heteroatoms. The van der Waals surface area contributed by atoms with Gasteiger partial charge in [-0.15, -0.1) is 0 Å². The number of pyridine rings is 1. The summed E-state index contributed by atoms with van der Waals surface area (Å²) in [5, 5.41) is 8.84. The van der Waals surface area contributed by atoms with E-state index in [-0.39, 0.29) is 5.56 Å². The molecule has 0 saturated carbocycles. The zero-order valence-corrected chi connectivity index (χ0v) is 10.3. The van der Waals surface area contributed by atoms with Crippen molar-refractivity contribution in [3.63, 3.8) is 0 Å². The van der Waals surface area contributed by atoms with E-state index in [0.29, 0.717) is 12.1 Å². The first-order valence-corrected chi connectivity index (χ1v) is 6.07. The highest BCUT2D eigenvalue weighted by molar-refractivity contribution is 5.87. The van der Waals surface area contributed by atoms with Gasteiger partial charge in [-0.1, -0.05) is 0 Å². The Bertz CT molecular complexity index is 392. The lowest BCUT2D eigenvalue weighted by Crippen LogP contribution is -2.44. The van der Waals surface area contributed by atoms with Crippen molar-refractivity contribution in [2.75, 3.05) is 4.90 Å².